The Morgan fingerprint density at radius 2 is 2.07 bits per heavy atom. The zero-order valence-electron chi connectivity index (χ0n) is 7.71. The number of benzene rings is 1. The van der Waals surface area contributed by atoms with Gasteiger partial charge in [0.05, 0.1) is 11.0 Å². The van der Waals surface area contributed by atoms with Crippen LogP contribution in [0.3, 0.4) is 0 Å². The number of nitrogens with zero attached hydrogens (tertiary/aromatic N) is 1. The largest absolute Gasteiger partial charge is 0.393 e. The predicted octanol–water partition coefficient (Wildman–Crippen LogP) is 2.07. The molecule has 1 aromatic carbocycles. The summed E-state index contributed by atoms with van der Waals surface area (Å²) in [5.41, 5.74) is 0.0893. The highest BCUT2D eigenvalue weighted by Gasteiger charge is 2.04. The van der Waals surface area contributed by atoms with Crippen molar-refractivity contribution in [3.8, 4) is 0 Å². The third-order valence-corrected chi connectivity index (χ3v) is 2.79. The summed E-state index contributed by atoms with van der Waals surface area (Å²) in [5, 5.41) is 19.4. The molecule has 0 saturated carbocycles. The topological polar surface area (TPSA) is 63.4 Å². The van der Waals surface area contributed by atoms with Gasteiger partial charge >= 0.3 is 0 Å². The molecule has 1 atom stereocenters. The van der Waals surface area contributed by atoms with Crippen molar-refractivity contribution in [3.05, 3.63) is 34.4 Å². The molecule has 0 saturated heterocycles. The average molecular weight is 213 g/mol. The summed E-state index contributed by atoms with van der Waals surface area (Å²) in [7, 11) is 0. The van der Waals surface area contributed by atoms with E-state index in [0.29, 0.717) is 5.75 Å². The molecule has 5 heteroatoms. The SMILES string of the molecule is C[C@H](O)CSc1ccc([N+](=O)[O-])cc1. The van der Waals surface area contributed by atoms with Gasteiger partial charge in [-0.05, 0) is 19.1 Å². The average Bonchev–Trinajstić information content (AvgIpc) is 2.15. The molecule has 0 aromatic heterocycles. The molecule has 0 bridgehead atoms. The molecule has 0 fully saturated rings. The molecule has 1 aromatic rings. The van der Waals surface area contributed by atoms with Crippen molar-refractivity contribution >= 4 is 17.4 Å². The smallest absolute Gasteiger partial charge is 0.269 e. The van der Waals surface area contributed by atoms with E-state index in [0.717, 1.165) is 4.90 Å². The van der Waals surface area contributed by atoms with Crippen LogP contribution in [0.2, 0.25) is 0 Å². The molecule has 0 aliphatic carbocycles. The van der Waals surface area contributed by atoms with Gasteiger partial charge in [0.15, 0.2) is 0 Å². The molecule has 4 nitrogen and oxygen atoms in total. The van der Waals surface area contributed by atoms with E-state index in [4.69, 9.17) is 5.11 Å². The predicted molar refractivity (Wildman–Crippen MR) is 55.5 cm³/mol. The maximum atomic E-state index is 10.3. The van der Waals surface area contributed by atoms with Crippen LogP contribution in [0.4, 0.5) is 5.69 Å². The molecular weight excluding hydrogens is 202 g/mol. The van der Waals surface area contributed by atoms with E-state index < -0.39 is 4.92 Å². The molecule has 0 unspecified atom stereocenters. The molecule has 0 radical (unpaired) electrons. The second-order valence-corrected chi connectivity index (χ2v) is 4.00. The van der Waals surface area contributed by atoms with Crippen LogP contribution in [0.5, 0.6) is 0 Å². The van der Waals surface area contributed by atoms with Crippen molar-refractivity contribution in [1.82, 2.24) is 0 Å². The molecular formula is C9H11NO3S. The number of nitro benzene ring substituents is 1. The van der Waals surface area contributed by atoms with Gasteiger partial charge in [0.25, 0.3) is 5.69 Å². The summed E-state index contributed by atoms with van der Waals surface area (Å²) in [6.45, 7) is 1.71. The molecule has 1 rings (SSSR count). The lowest BCUT2D eigenvalue weighted by atomic mass is 10.3. The minimum atomic E-state index is -0.427. The van der Waals surface area contributed by atoms with Gasteiger partial charge in [-0.3, -0.25) is 10.1 Å². The Balaban J connectivity index is 2.60. The normalized spacial score (nSPS) is 12.4. The van der Waals surface area contributed by atoms with Gasteiger partial charge in [0, 0.05) is 22.8 Å². The maximum Gasteiger partial charge on any atom is 0.269 e. The number of hydrogen-bond donors (Lipinski definition) is 1. The van der Waals surface area contributed by atoms with Gasteiger partial charge in [-0.2, -0.15) is 0 Å². The Labute approximate surface area is 86.1 Å². The fraction of sp³-hybridized carbons (Fsp3) is 0.333. The van der Waals surface area contributed by atoms with Crippen LogP contribution < -0.4 is 0 Å². The number of nitro groups is 1. The van der Waals surface area contributed by atoms with Crippen molar-refractivity contribution in [2.24, 2.45) is 0 Å². The van der Waals surface area contributed by atoms with Crippen LogP contribution in [0.1, 0.15) is 6.92 Å². The van der Waals surface area contributed by atoms with E-state index >= 15 is 0 Å². The third-order valence-electron chi connectivity index (χ3n) is 1.54. The summed E-state index contributed by atoms with van der Waals surface area (Å²) in [4.78, 5) is 10.8. The van der Waals surface area contributed by atoms with Crippen molar-refractivity contribution in [2.45, 2.75) is 17.9 Å². The Bertz CT molecular complexity index is 310. The van der Waals surface area contributed by atoms with E-state index in [2.05, 4.69) is 0 Å². The highest BCUT2D eigenvalue weighted by Crippen LogP contribution is 2.21. The molecule has 14 heavy (non-hydrogen) atoms. The first-order valence-corrected chi connectivity index (χ1v) is 5.13. The van der Waals surface area contributed by atoms with Gasteiger partial charge in [0.1, 0.15) is 0 Å². The highest BCUT2D eigenvalue weighted by molar-refractivity contribution is 7.99. The lowest BCUT2D eigenvalue weighted by Crippen LogP contribution is -2.02. The van der Waals surface area contributed by atoms with Crippen molar-refractivity contribution in [1.29, 1.82) is 0 Å². The van der Waals surface area contributed by atoms with E-state index in [1.807, 2.05) is 0 Å². The van der Waals surface area contributed by atoms with E-state index in [-0.39, 0.29) is 11.8 Å². The molecule has 1 N–H and O–H groups in total. The number of rotatable bonds is 4. The monoisotopic (exact) mass is 213 g/mol. The first-order chi connectivity index (χ1) is 6.59. The summed E-state index contributed by atoms with van der Waals surface area (Å²) < 4.78 is 0. The third kappa shape index (κ3) is 3.35. The minimum Gasteiger partial charge on any atom is -0.393 e. The number of aliphatic hydroxyl groups is 1. The second kappa shape index (κ2) is 4.97. The molecule has 0 amide bonds. The van der Waals surface area contributed by atoms with Gasteiger partial charge in [-0.1, -0.05) is 0 Å². The van der Waals surface area contributed by atoms with Gasteiger partial charge < -0.3 is 5.11 Å². The highest BCUT2D eigenvalue weighted by atomic mass is 32.2. The Kier molecular flexibility index (Phi) is 3.91. The molecule has 0 spiro atoms. The summed E-state index contributed by atoms with van der Waals surface area (Å²) >= 11 is 1.48. The Morgan fingerprint density at radius 1 is 1.50 bits per heavy atom. The maximum absolute atomic E-state index is 10.3. The standard InChI is InChI=1S/C9H11NO3S/c1-7(11)6-14-9-4-2-8(3-5-9)10(12)13/h2-5,7,11H,6H2,1H3/t7-/m0/s1. The summed E-state index contributed by atoms with van der Waals surface area (Å²) in [6, 6.07) is 6.30. The summed E-state index contributed by atoms with van der Waals surface area (Å²) in [6.07, 6.45) is -0.366. The molecule has 0 aliphatic rings. The van der Waals surface area contributed by atoms with Crippen LogP contribution in [-0.4, -0.2) is 21.9 Å². The number of thioether (sulfide) groups is 1. The molecule has 0 aliphatic heterocycles. The summed E-state index contributed by atoms with van der Waals surface area (Å²) in [5.74, 6) is 0.595. The molecule has 0 heterocycles. The first-order valence-electron chi connectivity index (χ1n) is 4.15. The van der Waals surface area contributed by atoms with Crippen molar-refractivity contribution in [2.75, 3.05) is 5.75 Å². The number of hydrogen-bond acceptors (Lipinski definition) is 4. The zero-order chi connectivity index (χ0) is 10.6. The zero-order valence-corrected chi connectivity index (χ0v) is 8.53. The van der Waals surface area contributed by atoms with Crippen molar-refractivity contribution in [3.63, 3.8) is 0 Å². The van der Waals surface area contributed by atoms with E-state index in [1.165, 1.54) is 23.9 Å². The van der Waals surface area contributed by atoms with E-state index in [9.17, 15) is 10.1 Å². The van der Waals surface area contributed by atoms with Gasteiger partial charge in [-0.25, -0.2) is 0 Å². The van der Waals surface area contributed by atoms with Crippen LogP contribution in [-0.2, 0) is 0 Å². The van der Waals surface area contributed by atoms with E-state index in [1.54, 1.807) is 19.1 Å². The number of aliphatic hydroxyl groups excluding tert-OH is 1. The Morgan fingerprint density at radius 3 is 2.50 bits per heavy atom. The van der Waals surface area contributed by atoms with Crippen molar-refractivity contribution < 1.29 is 10.0 Å². The second-order valence-electron chi connectivity index (χ2n) is 2.91. The number of non-ortho nitro benzene ring substituents is 1. The van der Waals surface area contributed by atoms with Crippen LogP contribution in [0, 0.1) is 10.1 Å². The fourth-order valence-electron chi connectivity index (χ4n) is 0.881. The van der Waals surface area contributed by atoms with Gasteiger partial charge in [0.2, 0.25) is 0 Å². The van der Waals surface area contributed by atoms with Crippen LogP contribution >= 0.6 is 11.8 Å². The van der Waals surface area contributed by atoms with Crippen LogP contribution in [0.25, 0.3) is 0 Å². The fourth-order valence-corrected chi connectivity index (χ4v) is 1.64. The lowest BCUT2D eigenvalue weighted by Gasteiger charge is -2.02. The first kappa shape index (κ1) is 11.0. The van der Waals surface area contributed by atoms with Gasteiger partial charge in [-0.15, -0.1) is 11.8 Å². The Hall–Kier alpha value is -1.07. The quantitative estimate of drug-likeness (QED) is 0.472. The minimum absolute atomic E-state index is 0.0893. The van der Waals surface area contributed by atoms with Crippen LogP contribution in [0.15, 0.2) is 29.2 Å². The molecule has 76 valence electrons. The lowest BCUT2D eigenvalue weighted by molar-refractivity contribution is -0.384.